The molecule has 0 aromatic heterocycles. The fourth-order valence-electron chi connectivity index (χ4n) is 1.51. The smallest absolute Gasteiger partial charge is 0.163 e. The van der Waals surface area contributed by atoms with Crippen molar-refractivity contribution in [3.8, 4) is 5.75 Å². The molecule has 2 N–H and O–H groups in total. The van der Waals surface area contributed by atoms with Gasteiger partial charge < -0.3 is 5.11 Å². The zero-order valence-corrected chi connectivity index (χ0v) is 8.40. The van der Waals surface area contributed by atoms with E-state index in [2.05, 4.69) is 5.43 Å². The summed E-state index contributed by atoms with van der Waals surface area (Å²) in [7, 11) is 0. The van der Waals surface area contributed by atoms with E-state index in [1.807, 2.05) is 12.3 Å². The molecule has 1 heterocycles. The fraction of sp³-hybridized carbons (Fsp3) is 0.182. The first-order chi connectivity index (χ1) is 7.18. The second-order valence-corrected chi connectivity index (χ2v) is 3.37. The van der Waals surface area contributed by atoms with Crippen molar-refractivity contribution in [2.75, 3.05) is 11.6 Å². The summed E-state index contributed by atoms with van der Waals surface area (Å²) in [6.07, 6.45) is 3.85. The molecule has 0 saturated heterocycles. The van der Waals surface area contributed by atoms with Crippen LogP contribution in [0.2, 0.25) is 0 Å². The number of phenols is 1. The molecule has 0 amide bonds. The van der Waals surface area contributed by atoms with E-state index in [4.69, 9.17) is 0 Å². The van der Waals surface area contributed by atoms with Crippen LogP contribution in [0.15, 0.2) is 30.5 Å². The molecule has 1 aromatic rings. The molecule has 78 valence electrons. The van der Waals surface area contributed by atoms with Gasteiger partial charge in [0.1, 0.15) is 5.75 Å². The van der Waals surface area contributed by atoms with Gasteiger partial charge in [-0.25, -0.2) is 5.43 Å². The Morgan fingerprint density at radius 3 is 2.87 bits per heavy atom. The lowest BCUT2D eigenvalue weighted by Crippen LogP contribution is -2.28. The van der Waals surface area contributed by atoms with Crippen molar-refractivity contribution in [2.24, 2.45) is 0 Å². The number of nitrogens with zero attached hydrogens (tertiary/aromatic N) is 1. The minimum atomic E-state index is -0.135. The molecule has 1 aliphatic heterocycles. The number of Topliss-reactive ketones (excluding diaryl/α,β-unsaturated/α-hetero) is 1. The van der Waals surface area contributed by atoms with Crippen molar-refractivity contribution in [3.63, 3.8) is 0 Å². The second-order valence-electron chi connectivity index (χ2n) is 3.37. The minimum absolute atomic E-state index is 0.0158. The predicted octanol–water partition coefficient (Wildman–Crippen LogP) is 1.43. The molecular formula is C11H12N2O2. The molecule has 2 rings (SSSR count). The van der Waals surface area contributed by atoms with Crippen molar-refractivity contribution in [1.29, 1.82) is 0 Å². The molecule has 0 bridgehead atoms. The molecule has 0 atom stereocenters. The number of nitrogens with one attached hydrogen (secondary N) is 1. The normalized spacial score (nSPS) is 14.6. The predicted molar refractivity (Wildman–Crippen MR) is 57.7 cm³/mol. The van der Waals surface area contributed by atoms with E-state index in [0.717, 1.165) is 12.2 Å². The maximum absolute atomic E-state index is 11.1. The Hall–Kier alpha value is -1.81. The Morgan fingerprint density at radius 2 is 2.33 bits per heavy atom. The molecule has 1 aliphatic rings. The highest BCUT2D eigenvalue weighted by Crippen LogP contribution is 2.25. The molecule has 1 aromatic carbocycles. The molecule has 0 saturated carbocycles. The lowest BCUT2D eigenvalue weighted by molar-refractivity contribution is 0.101. The number of benzene rings is 1. The van der Waals surface area contributed by atoms with Gasteiger partial charge in [-0.05, 0) is 19.1 Å². The van der Waals surface area contributed by atoms with Gasteiger partial charge in [0.15, 0.2) is 5.78 Å². The number of hydrazine groups is 1. The van der Waals surface area contributed by atoms with Gasteiger partial charge >= 0.3 is 0 Å². The number of rotatable bonds is 2. The van der Waals surface area contributed by atoms with E-state index in [9.17, 15) is 9.90 Å². The number of hydrogen-bond acceptors (Lipinski definition) is 4. The van der Waals surface area contributed by atoms with Crippen molar-refractivity contribution >= 4 is 11.5 Å². The SMILES string of the molecule is CC(=O)c1ccc(N2C=CCN2)cc1O. The third-order valence-corrected chi connectivity index (χ3v) is 2.27. The van der Waals surface area contributed by atoms with Crippen LogP contribution in [0.3, 0.4) is 0 Å². The number of ketones is 1. The number of carbonyl (C=O) groups is 1. The monoisotopic (exact) mass is 204 g/mol. The highest BCUT2D eigenvalue weighted by molar-refractivity contribution is 5.97. The topological polar surface area (TPSA) is 52.6 Å². The highest BCUT2D eigenvalue weighted by atomic mass is 16.3. The van der Waals surface area contributed by atoms with E-state index < -0.39 is 0 Å². The Morgan fingerprint density at radius 1 is 1.53 bits per heavy atom. The van der Waals surface area contributed by atoms with E-state index in [0.29, 0.717) is 5.56 Å². The zero-order valence-electron chi connectivity index (χ0n) is 8.40. The number of carbonyl (C=O) groups excluding carboxylic acids is 1. The molecule has 15 heavy (non-hydrogen) atoms. The van der Waals surface area contributed by atoms with Crippen LogP contribution >= 0.6 is 0 Å². The maximum Gasteiger partial charge on any atom is 0.163 e. The standard InChI is InChI=1S/C11H12N2O2/c1-8(14)10-4-3-9(7-11(10)15)13-6-2-5-12-13/h2-4,6-7,12,15H,5H2,1H3. The average molecular weight is 204 g/mol. The van der Waals surface area contributed by atoms with Crippen molar-refractivity contribution < 1.29 is 9.90 Å². The Bertz CT molecular complexity index is 427. The number of aromatic hydroxyl groups is 1. The van der Waals surface area contributed by atoms with Crippen molar-refractivity contribution in [2.45, 2.75) is 6.92 Å². The number of anilines is 1. The number of hydrogen-bond donors (Lipinski definition) is 2. The third-order valence-electron chi connectivity index (χ3n) is 2.27. The van der Waals surface area contributed by atoms with Crippen LogP contribution < -0.4 is 10.4 Å². The van der Waals surface area contributed by atoms with Crippen molar-refractivity contribution in [1.82, 2.24) is 5.43 Å². The Balaban J connectivity index is 2.32. The van der Waals surface area contributed by atoms with Gasteiger partial charge in [0.2, 0.25) is 0 Å². The maximum atomic E-state index is 11.1. The molecule has 0 radical (unpaired) electrons. The van der Waals surface area contributed by atoms with E-state index in [1.165, 1.54) is 6.92 Å². The third kappa shape index (κ3) is 1.85. The summed E-state index contributed by atoms with van der Waals surface area (Å²) in [4.78, 5) is 11.1. The lowest BCUT2D eigenvalue weighted by atomic mass is 10.1. The Kier molecular flexibility index (Phi) is 2.43. The van der Waals surface area contributed by atoms with Crippen LogP contribution in [0.1, 0.15) is 17.3 Å². The van der Waals surface area contributed by atoms with E-state index >= 15 is 0 Å². The molecule has 0 fully saturated rings. The van der Waals surface area contributed by atoms with Gasteiger partial charge in [0.05, 0.1) is 11.3 Å². The Labute approximate surface area is 87.8 Å². The van der Waals surface area contributed by atoms with Gasteiger partial charge in [0, 0.05) is 18.8 Å². The first-order valence-electron chi connectivity index (χ1n) is 4.72. The van der Waals surface area contributed by atoms with Crippen LogP contribution in [-0.2, 0) is 0 Å². The van der Waals surface area contributed by atoms with Crippen LogP contribution in [0, 0.1) is 0 Å². The number of phenolic OH excluding ortho intramolecular Hbond substituents is 1. The fourth-order valence-corrected chi connectivity index (χ4v) is 1.51. The molecule has 4 nitrogen and oxygen atoms in total. The van der Waals surface area contributed by atoms with Crippen LogP contribution in [0.4, 0.5) is 5.69 Å². The molecule has 4 heteroatoms. The first kappa shape index (κ1) is 9.73. The molecule has 0 aliphatic carbocycles. The highest BCUT2D eigenvalue weighted by Gasteiger charge is 2.11. The van der Waals surface area contributed by atoms with Gasteiger partial charge in [0.25, 0.3) is 0 Å². The van der Waals surface area contributed by atoms with Crippen LogP contribution in [-0.4, -0.2) is 17.4 Å². The molecule has 0 spiro atoms. The summed E-state index contributed by atoms with van der Waals surface area (Å²) < 4.78 is 0. The van der Waals surface area contributed by atoms with Crippen LogP contribution in [0.5, 0.6) is 5.75 Å². The summed E-state index contributed by atoms with van der Waals surface area (Å²) in [5, 5.41) is 11.4. The van der Waals surface area contributed by atoms with Gasteiger partial charge in [-0.2, -0.15) is 0 Å². The minimum Gasteiger partial charge on any atom is -0.507 e. The quantitative estimate of drug-likeness (QED) is 0.715. The largest absolute Gasteiger partial charge is 0.507 e. The summed E-state index contributed by atoms with van der Waals surface area (Å²) in [5.74, 6) is -0.119. The van der Waals surface area contributed by atoms with Crippen LogP contribution in [0.25, 0.3) is 0 Å². The summed E-state index contributed by atoms with van der Waals surface area (Å²) in [5.41, 5.74) is 4.24. The van der Waals surface area contributed by atoms with E-state index in [-0.39, 0.29) is 11.5 Å². The van der Waals surface area contributed by atoms with E-state index in [1.54, 1.807) is 23.2 Å². The van der Waals surface area contributed by atoms with Gasteiger partial charge in [-0.3, -0.25) is 9.80 Å². The summed E-state index contributed by atoms with van der Waals surface area (Å²) >= 11 is 0. The summed E-state index contributed by atoms with van der Waals surface area (Å²) in [6, 6.07) is 4.99. The van der Waals surface area contributed by atoms with Gasteiger partial charge in [-0.15, -0.1) is 0 Å². The first-order valence-corrected chi connectivity index (χ1v) is 4.72. The zero-order chi connectivity index (χ0) is 10.8. The average Bonchev–Trinajstić information content (AvgIpc) is 2.69. The molecular weight excluding hydrogens is 192 g/mol. The lowest BCUT2D eigenvalue weighted by Gasteiger charge is -2.16. The second kappa shape index (κ2) is 3.74. The van der Waals surface area contributed by atoms with Gasteiger partial charge in [-0.1, -0.05) is 6.08 Å². The van der Waals surface area contributed by atoms with Crippen molar-refractivity contribution in [3.05, 3.63) is 36.0 Å². The summed E-state index contributed by atoms with van der Waals surface area (Å²) in [6.45, 7) is 2.21. The molecule has 0 unspecified atom stereocenters.